The highest BCUT2D eigenvalue weighted by atomic mass is 35.5. The van der Waals surface area contributed by atoms with Crippen molar-refractivity contribution in [3.8, 4) is 0 Å². The van der Waals surface area contributed by atoms with Crippen molar-refractivity contribution in [1.29, 1.82) is 0 Å². The molecule has 0 aliphatic heterocycles. The molecular weight excluding hydrogens is 323 g/mol. The topological polar surface area (TPSA) is 71.4 Å². The van der Waals surface area contributed by atoms with E-state index in [9.17, 15) is 13.2 Å². The average molecular weight is 337 g/mol. The van der Waals surface area contributed by atoms with Crippen LogP contribution in [0.15, 0.2) is 17.0 Å². The fourth-order valence-electron chi connectivity index (χ4n) is 2.47. The van der Waals surface area contributed by atoms with Crippen LogP contribution in [0.1, 0.15) is 42.5 Å². The normalized spacial score (nSPS) is 17.1. The highest BCUT2D eigenvalue weighted by Crippen LogP contribution is 2.34. The van der Waals surface area contributed by atoms with Crippen LogP contribution in [0.2, 0.25) is 10.0 Å². The maximum atomic E-state index is 12.6. The van der Waals surface area contributed by atoms with Crippen molar-refractivity contribution >= 4 is 39.0 Å². The van der Waals surface area contributed by atoms with Gasteiger partial charge in [-0.25, -0.2) is 13.2 Å². The van der Waals surface area contributed by atoms with Gasteiger partial charge in [0.05, 0.1) is 25.8 Å². The molecule has 0 heterocycles. The Morgan fingerprint density at radius 1 is 1.10 bits per heavy atom. The Balaban J connectivity index is 2.50. The number of sulfone groups is 1. The van der Waals surface area contributed by atoms with Gasteiger partial charge in [-0.1, -0.05) is 42.5 Å². The number of carbonyl (C=O) groups is 1. The Morgan fingerprint density at radius 2 is 1.70 bits per heavy atom. The summed E-state index contributed by atoms with van der Waals surface area (Å²) in [6.45, 7) is 0. The summed E-state index contributed by atoms with van der Waals surface area (Å²) in [6.07, 6.45) is 3.93. The summed E-state index contributed by atoms with van der Waals surface area (Å²) in [6, 6.07) is 2.25. The summed E-state index contributed by atoms with van der Waals surface area (Å²) in [5.74, 6) is -1.27. The predicted molar refractivity (Wildman–Crippen MR) is 77.5 cm³/mol. The van der Waals surface area contributed by atoms with Crippen molar-refractivity contribution in [2.75, 3.05) is 0 Å². The van der Waals surface area contributed by atoms with E-state index in [0.29, 0.717) is 12.8 Å². The van der Waals surface area contributed by atoms with Gasteiger partial charge in [-0.2, -0.15) is 0 Å². The van der Waals surface area contributed by atoms with Gasteiger partial charge in [-0.05, 0) is 25.0 Å². The number of hydrogen-bond donors (Lipinski definition) is 1. The van der Waals surface area contributed by atoms with E-state index in [1.54, 1.807) is 0 Å². The Bertz CT molecular complexity index is 634. The monoisotopic (exact) mass is 336 g/mol. The molecular formula is C13H14Cl2O4S. The molecule has 20 heavy (non-hydrogen) atoms. The molecule has 7 heteroatoms. The van der Waals surface area contributed by atoms with Gasteiger partial charge in [0, 0.05) is 0 Å². The van der Waals surface area contributed by atoms with Gasteiger partial charge in [-0.3, -0.25) is 0 Å². The first-order valence-electron chi connectivity index (χ1n) is 6.30. The quantitative estimate of drug-likeness (QED) is 0.911. The van der Waals surface area contributed by atoms with Crippen LogP contribution in [-0.4, -0.2) is 24.7 Å². The second-order valence-electron chi connectivity index (χ2n) is 4.87. The number of benzene rings is 1. The Morgan fingerprint density at radius 3 is 2.25 bits per heavy atom. The summed E-state index contributed by atoms with van der Waals surface area (Å²) in [7, 11) is -3.62. The van der Waals surface area contributed by atoms with Crippen LogP contribution in [0.5, 0.6) is 0 Å². The van der Waals surface area contributed by atoms with E-state index in [2.05, 4.69) is 0 Å². The van der Waals surface area contributed by atoms with Crippen molar-refractivity contribution in [2.24, 2.45) is 0 Å². The zero-order chi connectivity index (χ0) is 14.9. The molecule has 1 fully saturated rings. The first-order chi connectivity index (χ1) is 9.34. The van der Waals surface area contributed by atoms with E-state index >= 15 is 0 Å². The number of rotatable bonds is 3. The lowest BCUT2D eigenvalue weighted by atomic mass is 10.0. The second-order valence-corrected chi connectivity index (χ2v) is 7.88. The molecule has 0 aromatic heterocycles. The lowest BCUT2D eigenvalue weighted by Crippen LogP contribution is -2.24. The molecule has 0 amide bonds. The Hall–Kier alpha value is -0.780. The van der Waals surface area contributed by atoms with Gasteiger partial charge in [0.2, 0.25) is 0 Å². The van der Waals surface area contributed by atoms with Gasteiger partial charge in [0.25, 0.3) is 0 Å². The van der Waals surface area contributed by atoms with Gasteiger partial charge in [0.15, 0.2) is 9.84 Å². The molecule has 0 bridgehead atoms. The Kier molecular flexibility index (Phi) is 4.62. The summed E-state index contributed by atoms with van der Waals surface area (Å²) in [5, 5.41) is 8.46. The Labute approximate surface area is 127 Å². The molecule has 4 nitrogen and oxygen atoms in total. The number of carboxylic acid groups (broad SMARTS) is 1. The van der Waals surface area contributed by atoms with Gasteiger partial charge in [0.1, 0.15) is 0 Å². The van der Waals surface area contributed by atoms with Crippen molar-refractivity contribution in [2.45, 2.75) is 42.2 Å². The lowest BCUT2D eigenvalue weighted by molar-refractivity contribution is 0.0697. The van der Waals surface area contributed by atoms with Crippen LogP contribution in [0.25, 0.3) is 0 Å². The van der Waals surface area contributed by atoms with Crippen LogP contribution in [0, 0.1) is 0 Å². The fourth-order valence-corrected chi connectivity index (χ4v) is 5.18. The first kappa shape index (κ1) is 15.6. The lowest BCUT2D eigenvalue weighted by Gasteiger charge is -2.22. The standard InChI is InChI=1S/C13H14Cl2O4S/c14-10-7-11(15)12(6-9(10)13(16)17)20(18,19)8-4-2-1-3-5-8/h6-8H,1-5H2,(H,16,17). The number of halogens is 2. The van der Waals surface area contributed by atoms with Crippen LogP contribution in [-0.2, 0) is 9.84 Å². The molecule has 2 rings (SSSR count). The molecule has 1 aliphatic carbocycles. The molecule has 1 aliphatic rings. The highest BCUT2D eigenvalue weighted by Gasteiger charge is 2.31. The van der Waals surface area contributed by atoms with E-state index < -0.39 is 21.1 Å². The maximum absolute atomic E-state index is 12.6. The third-order valence-electron chi connectivity index (χ3n) is 3.55. The van der Waals surface area contributed by atoms with Crippen molar-refractivity contribution in [3.63, 3.8) is 0 Å². The minimum atomic E-state index is -3.62. The average Bonchev–Trinajstić information content (AvgIpc) is 2.39. The number of aromatic carboxylic acids is 1. The zero-order valence-corrected chi connectivity index (χ0v) is 12.9. The molecule has 110 valence electrons. The van der Waals surface area contributed by atoms with Gasteiger partial charge in [-0.15, -0.1) is 0 Å². The molecule has 0 atom stereocenters. The summed E-state index contributed by atoms with van der Waals surface area (Å²) in [5.41, 5.74) is -0.245. The van der Waals surface area contributed by atoms with E-state index in [1.807, 2.05) is 0 Å². The fraction of sp³-hybridized carbons (Fsp3) is 0.462. The molecule has 0 radical (unpaired) electrons. The van der Waals surface area contributed by atoms with E-state index in [4.69, 9.17) is 28.3 Å². The largest absolute Gasteiger partial charge is 0.478 e. The van der Waals surface area contributed by atoms with Gasteiger partial charge < -0.3 is 5.11 Å². The van der Waals surface area contributed by atoms with Crippen molar-refractivity contribution < 1.29 is 18.3 Å². The highest BCUT2D eigenvalue weighted by molar-refractivity contribution is 7.92. The summed E-state index contributed by atoms with van der Waals surface area (Å²) < 4.78 is 25.1. The molecule has 1 aromatic rings. The van der Waals surface area contributed by atoms with Crippen LogP contribution >= 0.6 is 23.2 Å². The second kappa shape index (κ2) is 5.92. The smallest absolute Gasteiger partial charge is 0.337 e. The van der Waals surface area contributed by atoms with E-state index in [-0.39, 0.29) is 20.5 Å². The van der Waals surface area contributed by atoms with E-state index in [1.165, 1.54) is 6.07 Å². The first-order valence-corrected chi connectivity index (χ1v) is 8.60. The third kappa shape index (κ3) is 2.95. The third-order valence-corrected chi connectivity index (χ3v) is 6.59. The van der Waals surface area contributed by atoms with E-state index in [0.717, 1.165) is 25.3 Å². The molecule has 1 saturated carbocycles. The zero-order valence-electron chi connectivity index (χ0n) is 10.6. The van der Waals surface area contributed by atoms with Gasteiger partial charge >= 0.3 is 5.97 Å². The predicted octanol–water partition coefficient (Wildman–Crippen LogP) is 3.80. The van der Waals surface area contributed by atoms with Crippen molar-refractivity contribution in [1.82, 2.24) is 0 Å². The molecule has 1 aromatic carbocycles. The SMILES string of the molecule is O=C(O)c1cc(S(=O)(=O)C2CCCCC2)c(Cl)cc1Cl. The summed E-state index contributed by atoms with van der Waals surface area (Å²) in [4.78, 5) is 10.9. The van der Waals surface area contributed by atoms with Crippen LogP contribution < -0.4 is 0 Å². The van der Waals surface area contributed by atoms with Crippen LogP contribution in [0.4, 0.5) is 0 Å². The molecule has 0 spiro atoms. The molecule has 1 N–H and O–H groups in total. The van der Waals surface area contributed by atoms with Crippen LogP contribution in [0.3, 0.4) is 0 Å². The summed E-state index contributed by atoms with van der Waals surface area (Å²) >= 11 is 11.7. The molecule has 0 unspecified atom stereocenters. The minimum Gasteiger partial charge on any atom is -0.478 e. The number of carboxylic acids is 1. The minimum absolute atomic E-state index is 0.0226. The molecule has 0 saturated heterocycles. The maximum Gasteiger partial charge on any atom is 0.337 e. The number of hydrogen-bond acceptors (Lipinski definition) is 3. The van der Waals surface area contributed by atoms with Crippen molar-refractivity contribution in [3.05, 3.63) is 27.7 Å².